The number of carbonyl (C=O) groups excluding carboxylic acids is 3. The Morgan fingerprint density at radius 3 is 1.84 bits per heavy atom. The minimum absolute atomic E-state index is 0.110. The van der Waals surface area contributed by atoms with Gasteiger partial charge in [0.05, 0.1) is 6.61 Å². The van der Waals surface area contributed by atoms with Gasteiger partial charge >= 0.3 is 24.2 Å². The van der Waals surface area contributed by atoms with Crippen molar-refractivity contribution in [2.24, 2.45) is 0 Å². The number of ether oxygens (including phenoxy) is 3. The summed E-state index contributed by atoms with van der Waals surface area (Å²) in [7, 11) is 0. The Balaban J connectivity index is 5.40. The molecule has 1 N–H and O–H groups in total. The maximum absolute atomic E-state index is 14.3. The lowest BCUT2D eigenvalue weighted by Crippen LogP contribution is -2.58. The monoisotopic (exact) mass is 368 g/mol. The molecule has 0 radical (unpaired) electrons. The number of halogens is 2. The average molecular weight is 368 g/mol. The second-order valence-electron chi connectivity index (χ2n) is 7.08. The molecule has 10 heteroatoms. The molecule has 0 aliphatic heterocycles. The first kappa shape index (κ1) is 22.9. The molecule has 0 atom stereocenters. The first-order valence-corrected chi connectivity index (χ1v) is 7.63. The first-order valence-electron chi connectivity index (χ1n) is 7.63. The topological polar surface area (TPSA) is 94.2 Å². The van der Waals surface area contributed by atoms with Crippen molar-refractivity contribution in [3.63, 3.8) is 0 Å². The smallest absolute Gasteiger partial charge is 0.434 e. The molecular weight excluding hydrogens is 342 g/mol. The van der Waals surface area contributed by atoms with E-state index >= 15 is 0 Å². The van der Waals surface area contributed by atoms with Crippen molar-refractivity contribution in [1.29, 1.82) is 0 Å². The summed E-state index contributed by atoms with van der Waals surface area (Å²) in [5, 5.41) is -0.372. The Kier molecular flexibility index (Phi) is 7.60. The van der Waals surface area contributed by atoms with E-state index in [1.54, 1.807) is 5.43 Å². The number of hydrazine groups is 1. The highest BCUT2D eigenvalue weighted by Gasteiger charge is 2.47. The van der Waals surface area contributed by atoms with Gasteiger partial charge in [-0.1, -0.05) is 0 Å². The van der Waals surface area contributed by atoms with E-state index in [1.807, 2.05) is 0 Å². The molecule has 0 fully saturated rings. The molecule has 0 spiro atoms. The van der Waals surface area contributed by atoms with Gasteiger partial charge < -0.3 is 14.2 Å². The molecule has 0 aromatic rings. The predicted octanol–water partition coefficient (Wildman–Crippen LogP) is 3.21. The standard InChI is InChI=1S/C15H26F2N2O6/c1-8-23-10(20)9-15(16,17)19(12(22)25-14(5,6)7)18-11(21)24-13(2,3)4/h8-9H2,1-7H3,(H,18,21). The molecule has 0 unspecified atom stereocenters. The lowest BCUT2D eigenvalue weighted by molar-refractivity contribution is -0.181. The quantitative estimate of drug-likeness (QED) is 0.354. The second-order valence-corrected chi connectivity index (χ2v) is 7.08. The van der Waals surface area contributed by atoms with Crippen LogP contribution in [0.25, 0.3) is 0 Å². The number of hydrogen-bond acceptors (Lipinski definition) is 6. The summed E-state index contributed by atoms with van der Waals surface area (Å²) in [5.74, 6) is -1.24. The van der Waals surface area contributed by atoms with Crippen LogP contribution < -0.4 is 5.43 Å². The molecule has 0 rings (SSSR count). The van der Waals surface area contributed by atoms with Crippen LogP contribution in [0.1, 0.15) is 54.9 Å². The molecule has 0 aliphatic carbocycles. The molecule has 0 bridgehead atoms. The van der Waals surface area contributed by atoms with Crippen LogP contribution in [0.2, 0.25) is 0 Å². The summed E-state index contributed by atoms with van der Waals surface area (Å²) in [6, 6.07) is -4.09. The Morgan fingerprint density at radius 2 is 1.44 bits per heavy atom. The molecule has 0 saturated heterocycles. The van der Waals surface area contributed by atoms with Gasteiger partial charge in [0.25, 0.3) is 0 Å². The van der Waals surface area contributed by atoms with E-state index < -0.39 is 41.8 Å². The van der Waals surface area contributed by atoms with Crippen LogP contribution in [0.4, 0.5) is 18.4 Å². The van der Waals surface area contributed by atoms with Crippen molar-refractivity contribution in [3.05, 3.63) is 0 Å². The fourth-order valence-electron chi connectivity index (χ4n) is 1.43. The van der Waals surface area contributed by atoms with Crippen LogP contribution in [-0.4, -0.2) is 47.0 Å². The van der Waals surface area contributed by atoms with Gasteiger partial charge in [-0.3, -0.25) is 4.79 Å². The van der Waals surface area contributed by atoms with Crippen LogP contribution in [0, 0.1) is 0 Å². The van der Waals surface area contributed by atoms with Gasteiger partial charge in [0.2, 0.25) is 0 Å². The van der Waals surface area contributed by atoms with Gasteiger partial charge in [-0.2, -0.15) is 8.78 Å². The Bertz CT molecular complexity index is 497. The zero-order valence-corrected chi connectivity index (χ0v) is 15.6. The third kappa shape index (κ3) is 9.68. The van der Waals surface area contributed by atoms with Crippen LogP contribution in [0.5, 0.6) is 0 Å². The predicted molar refractivity (Wildman–Crippen MR) is 83.6 cm³/mol. The molecule has 0 aliphatic rings. The summed E-state index contributed by atoms with van der Waals surface area (Å²) in [6.07, 6.45) is -4.31. The van der Waals surface area contributed by atoms with Crippen LogP contribution in [0.3, 0.4) is 0 Å². The van der Waals surface area contributed by atoms with Gasteiger partial charge in [-0.05, 0) is 48.5 Å². The summed E-state index contributed by atoms with van der Waals surface area (Å²) in [5.41, 5.74) is -0.469. The van der Waals surface area contributed by atoms with Crippen molar-refractivity contribution in [3.8, 4) is 0 Å². The summed E-state index contributed by atoms with van der Waals surface area (Å²) >= 11 is 0. The molecule has 0 aromatic heterocycles. The largest absolute Gasteiger partial charge is 0.466 e. The van der Waals surface area contributed by atoms with E-state index in [9.17, 15) is 23.2 Å². The molecule has 25 heavy (non-hydrogen) atoms. The zero-order valence-electron chi connectivity index (χ0n) is 15.6. The fraction of sp³-hybridized carbons (Fsp3) is 0.800. The lowest BCUT2D eigenvalue weighted by atomic mass is 10.2. The number of carbonyl (C=O) groups is 3. The van der Waals surface area contributed by atoms with Crippen LogP contribution in [-0.2, 0) is 19.0 Å². The maximum atomic E-state index is 14.3. The third-order valence-electron chi connectivity index (χ3n) is 2.17. The zero-order chi connectivity index (χ0) is 20.1. The lowest BCUT2D eigenvalue weighted by Gasteiger charge is -2.32. The first-order chi connectivity index (χ1) is 11.1. The fourth-order valence-corrected chi connectivity index (χ4v) is 1.43. The number of amides is 2. The van der Waals surface area contributed by atoms with Crippen molar-refractivity contribution in [1.82, 2.24) is 10.4 Å². The SMILES string of the molecule is CCOC(=O)CC(F)(F)N(NC(=O)OC(C)(C)C)C(=O)OC(C)(C)C. The van der Waals surface area contributed by atoms with Gasteiger partial charge in [0.15, 0.2) is 0 Å². The maximum Gasteiger partial charge on any atom is 0.434 e. The normalized spacial score (nSPS) is 12.2. The highest BCUT2D eigenvalue weighted by Crippen LogP contribution is 2.25. The molecular formula is C15H26F2N2O6. The van der Waals surface area contributed by atoms with Crippen LogP contribution >= 0.6 is 0 Å². The average Bonchev–Trinajstić information content (AvgIpc) is 2.30. The van der Waals surface area contributed by atoms with Crippen molar-refractivity contribution in [2.45, 2.75) is 72.1 Å². The van der Waals surface area contributed by atoms with E-state index in [-0.39, 0.29) is 11.6 Å². The van der Waals surface area contributed by atoms with Crippen molar-refractivity contribution < 1.29 is 37.4 Å². The number of nitrogens with one attached hydrogen (secondary N) is 1. The van der Waals surface area contributed by atoms with Gasteiger partial charge in [0.1, 0.15) is 17.6 Å². The Morgan fingerprint density at radius 1 is 0.960 bits per heavy atom. The summed E-state index contributed by atoms with van der Waals surface area (Å²) < 4.78 is 42.8. The van der Waals surface area contributed by atoms with Crippen molar-refractivity contribution >= 4 is 18.2 Å². The number of rotatable bonds is 4. The van der Waals surface area contributed by atoms with Gasteiger partial charge in [-0.15, -0.1) is 5.01 Å². The van der Waals surface area contributed by atoms with E-state index in [1.165, 1.54) is 48.5 Å². The molecule has 0 saturated carbocycles. The Labute approximate surface area is 145 Å². The molecule has 0 aromatic carbocycles. The van der Waals surface area contributed by atoms with Crippen LogP contribution in [0.15, 0.2) is 0 Å². The van der Waals surface area contributed by atoms with Gasteiger partial charge in [-0.25, -0.2) is 15.0 Å². The van der Waals surface area contributed by atoms with E-state index in [0.717, 1.165) is 0 Å². The summed E-state index contributed by atoms with van der Waals surface area (Å²) in [4.78, 5) is 35.2. The highest BCUT2D eigenvalue weighted by molar-refractivity contribution is 5.76. The van der Waals surface area contributed by atoms with E-state index in [4.69, 9.17) is 9.47 Å². The third-order valence-corrected chi connectivity index (χ3v) is 2.17. The molecule has 2 amide bonds. The molecule has 146 valence electrons. The minimum atomic E-state index is -4.09. The molecule has 0 heterocycles. The highest BCUT2D eigenvalue weighted by atomic mass is 19.3. The minimum Gasteiger partial charge on any atom is -0.466 e. The number of hydrogen-bond donors (Lipinski definition) is 1. The number of nitrogens with zero attached hydrogens (tertiary/aromatic N) is 1. The van der Waals surface area contributed by atoms with Gasteiger partial charge in [0, 0.05) is 0 Å². The van der Waals surface area contributed by atoms with E-state index in [0.29, 0.717) is 0 Å². The van der Waals surface area contributed by atoms with E-state index in [2.05, 4.69) is 4.74 Å². The second kappa shape index (κ2) is 8.30. The Hall–Kier alpha value is -2.13. The molecule has 8 nitrogen and oxygen atoms in total. The number of alkyl halides is 2. The summed E-state index contributed by atoms with van der Waals surface area (Å²) in [6.45, 7) is 10.3. The van der Waals surface area contributed by atoms with Crippen molar-refractivity contribution in [2.75, 3.05) is 6.61 Å². The number of esters is 1.